The Labute approximate surface area is 143 Å². The molecule has 122 valence electrons. The molecule has 0 saturated carbocycles. The Bertz CT molecular complexity index is 732. The van der Waals surface area contributed by atoms with E-state index >= 15 is 0 Å². The number of halogens is 2. The van der Waals surface area contributed by atoms with Crippen LogP contribution in [0.15, 0.2) is 16.7 Å². The van der Waals surface area contributed by atoms with Crippen molar-refractivity contribution in [3.05, 3.63) is 45.0 Å². The van der Waals surface area contributed by atoms with Gasteiger partial charge in [0, 0.05) is 30.2 Å². The van der Waals surface area contributed by atoms with Gasteiger partial charge in [-0.05, 0) is 29.7 Å². The minimum Gasteiger partial charge on any atom is -0.359 e. The first-order valence-corrected chi connectivity index (χ1v) is 8.02. The van der Waals surface area contributed by atoms with Crippen LogP contribution < -0.4 is 5.32 Å². The molecule has 0 atom stereocenters. The molecule has 0 fully saturated rings. The van der Waals surface area contributed by atoms with E-state index in [1.54, 1.807) is 13.1 Å². The number of amides is 1. The van der Waals surface area contributed by atoms with Crippen molar-refractivity contribution < 1.29 is 9.32 Å². The van der Waals surface area contributed by atoms with Crippen molar-refractivity contribution in [3.8, 4) is 0 Å². The molecule has 0 spiro atoms. The highest BCUT2D eigenvalue weighted by Gasteiger charge is 2.21. The Morgan fingerprint density at radius 2 is 2.26 bits per heavy atom. The van der Waals surface area contributed by atoms with Crippen LogP contribution in [0, 0.1) is 0 Å². The predicted octanol–water partition coefficient (Wildman–Crippen LogP) is 2.22. The van der Waals surface area contributed by atoms with Gasteiger partial charge >= 0.3 is 0 Å². The van der Waals surface area contributed by atoms with E-state index in [-0.39, 0.29) is 12.3 Å². The molecule has 8 heteroatoms. The Balaban J connectivity index is 1.67. The highest BCUT2D eigenvalue weighted by Crippen LogP contribution is 2.30. The summed E-state index contributed by atoms with van der Waals surface area (Å²) in [5.41, 5.74) is 2.28. The van der Waals surface area contributed by atoms with Crippen molar-refractivity contribution in [1.29, 1.82) is 0 Å². The monoisotopic (exact) mass is 354 g/mol. The summed E-state index contributed by atoms with van der Waals surface area (Å²) in [6, 6.07) is 3.72. The van der Waals surface area contributed by atoms with Gasteiger partial charge in [-0.2, -0.15) is 4.98 Å². The highest BCUT2D eigenvalue weighted by atomic mass is 35.5. The zero-order valence-corrected chi connectivity index (χ0v) is 14.1. The number of likely N-dealkylation sites (N-methyl/N-ethyl adjacent to an activating group) is 1. The highest BCUT2D eigenvalue weighted by molar-refractivity contribution is 6.35. The normalized spacial score (nSPS) is 14.6. The van der Waals surface area contributed by atoms with E-state index in [4.69, 9.17) is 27.7 Å². The van der Waals surface area contributed by atoms with Crippen LogP contribution in [-0.2, 0) is 30.7 Å². The first-order valence-electron chi connectivity index (χ1n) is 7.26. The van der Waals surface area contributed by atoms with E-state index < -0.39 is 0 Å². The SMILES string of the molecule is CNC(=O)Cc1noc(CN2CCc3c(Cl)cc(Cl)cc3C2)n1. The standard InChI is InChI=1S/C15H16Cl2N4O2/c1-18-14(22)6-13-19-15(23-20-13)8-21-3-2-11-9(7-21)4-10(16)5-12(11)17/h4-5H,2-3,6-8H2,1H3,(H,18,22). The van der Waals surface area contributed by atoms with Crippen LogP contribution in [0.25, 0.3) is 0 Å². The molecule has 0 aliphatic carbocycles. The fourth-order valence-corrected chi connectivity index (χ4v) is 3.28. The Morgan fingerprint density at radius 1 is 1.43 bits per heavy atom. The smallest absolute Gasteiger partial charge is 0.240 e. The van der Waals surface area contributed by atoms with E-state index in [1.165, 1.54) is 0 Å². The van der Waals surface area contributed by atoms with Crippen molar-refractivity contribution in [2.45, 2.75) is 25.9 Å². The van der Waals surface area contributed by atoms with E-state index in [2.05, 4.69) is 20.4 Å². The lowest BCUT2D eigenvalue weighted by Gasteiger charge is -2.28. The average Bonchev–Trinajstić information content (AvgIpc) is 2.93. The third kappa shape index (κ3) is 3.83. The second kappa shape index (κ2) is 6.86. The molecule has 1 aromatic heterocycles. The van der Waals surface area contributed by atoms with Gasteiger partial charge in [-0.3, -0.25) is 9.69 Å². The Kier molecular flexibility index (Phi) is 4.84. The lowest BCUT2D eigenvalue weighted by molar-refractivity contribution is -0.120. The zero-order chi connectivity index (χ0) is 16.4. The summed E-state index contributed by atoms with van der Waals surface area (Å²) >= 11 is 12.3. The van der Waals surface area contributed by atoms with Gasteiger partial charge < -0.3 is 9.84 Å². The molecule has 6 nitrogen and oxygen atoms in total. The molecule has 1 amide bonds. The molecule has 23 heavy (non-hydrogen) atoms. The van der Waals surface area contributed by atoms with Crippen LogP contribution >= 0.6 is 23.2 Å². The molecular formula is C15H16Cl2N4O2. The summed E-state index contributed by atoms with van der Waals surface area (Å²) in [5.74, 6) is 0.747. The second-order valence-electron chi connectivity index (χ2n) is 5.44. The number of hydrogen-bond donors (Lipinski definition) is 1. The van der Waals surface area contributed by atoms with Gasteiger partial charge in [-0.25, -0.2) is 0 Å². The lowest BCUT2D eigenvalue weighted by Crippen LogP contribution is -2.30. The van der Waals surface area contributed by atoms with E-state index in [0.29, 0.717) is 23.3 Å². The van der Waals surface area contributed by atoms with Gasteiger partial charge in [0.05, 0.1) is 13.0 Å². The van der Waals surface area contributed by atoms with Crippen LogP contribution in [0.2, 0.25) is 10.0 Å². The Hall–Kier alpha value is -1.63. The third-order valence-corrected chi connectivity index (χ3v) is 4.35. The van der Waals surface area contributed by atoms with Gasteiger partial charge in [-0.15, -0.1) is 0 Å². The van der Waals surface area contributed by atoms with Crippen LogP contribution in [-0.4, -0.2) is 34.5 Å². The quantitative estimate of drug-likeness (QED) is 0.911. The van der Waals surface area contributed by atoms with E-state index in [9.17, 15) is 4.79 Å². The lowest BCUT2D eigenvalue weighted by atomic mass is 10.00. The summed E-state index contributed by atoms with van der Waals surface area (Å²) in [6.07, 6.45) is 0.971. The van der Waals surface area contributed by atoms with Gasteiger partial charge in [0.1, 0.15) is 0 Å². The largest absolute Gasteiger partial charge is 0.359 e. The van der Waals surface area contributed by atoms with Gasteiger partial charge in [0.15, 0.2) is 5.82 Å². The molecule has 1 aromatic carbocycles. The molecule has 0 radical (unpaired) electrons. The molecular weight excluding hydrogens is 339 g/mol. The number of carbonyl (C=O) groups is 1. The van der Waals surface area contributed by atoms with Crippen LogP contribution in [0.4, 0.5) is 0 Å². The molecule has 0 unspecified atom stereocenters. The van der Waals surface area contributed by atoms with E-state index in [0.717, 1.165) is 35.7 Å². The fraction of sp³-hybridized carbons (Fsp3) is 0.400. The van der Waals surface area contributed by atoms with Gasteiger partial charge in [0.2, 0.25) is 11.8 Å². The number of fused-ring (bicyclic) bond motifs is 1. The average molecular weight is 355 g/mol. The molecule has 2 heterocycles. The number of hydrogen-bond acceptors (Lipinski definition) is 5. The fourth-order valence-electron chi connectivity index (χ4n) is 2.65. The first kappa shape index (κ1) is 16.2. The number of nitrogens with one attached hydrogen (secondary N) is 1. The molecule has 0 saturated heterocycles. The maximum absolute atomic E-state index is 11.3. The number of aromatic nitrogens is 2. The number of benzene rings is 1. The topological polar surface area (TPSA) is 71.3 Å². The van der Waals surface area contributed by atoms with Crippen molar-refractivity contribution in [2.75, 3.05) is 13.6 Å². The minimum atomic E-state index is -0.145. The molecule has 2 aromatic rings. The number of rotatable bonds is 4. The molecule has 3 rings (SSSR count). The molecule has 1 aliphatic heterocycles. The molecule has 0 bridgehead atoms. The maximum atomic E-state index is 11.3. The summed E-state index contributed by atoms with van der Waals surface area (Å²) in [7, 11) is 1.57. The maximum Gasteiger partial charge on any atom is 0.240 e. The first-order chi connectivity index (χ1) is 11.0. The second-order valence-corrected chi connectivity index (χ2v) is 6.28. The van der Waals surface area contributed by atoms with Crippen LogP contribution in [0.1, 0.15) is 22.8 Å². The van der Waals surface area contributed by atoms with Crippen molar-refractivity contribution in [3.63, 3.8) is 0 Å². The summed E-state index contributed by atoms with van der Waals surface area (Å²) in [4.78, 5) is 17.8. The summed E-state index contributed by atoms with van der Waals surface area (Å²) in [6.45, 7) is 2.11. The minimum absolute atomic E-state index is 0.119. The number of carbonyl (C=O) groups excluding carboxylic acids is 1. The van der Waals surface area contributed by atoms with Crippen molar-refractivity contribution in [1.82, 2.24) is 20.4 Å². The summed E-state index contributed by atoms with van der Waals surface area (Å²) in [5, 5.41) is 7.72. The number of nitrogens with zero attached hydrogens (tertiary/aromatic N) is 3. The van der Waals surface area contributed by atoms with Crippen molar-refractivity contribution >= 4 is 29.1 Å². The van der Waals surface area contributed by atoms with Crippen LogP contribution in [0.3, 0.4) is 0 Å². The molecule has 1 aliphatic rings. The summed E-state index contributed by atoms with van der Waals surface area (Å²) < 4.78 is 5.21. The van der Waals surface area contributed by atoms with E-state index in [1.807, 2.05) is 6.07 Å². The zero-order valence-electron chi connectivity index (χ0n) is 12.6. The van der Waals surface area contributed by atoms with Crippen LogP contribution in [0.5, 0.6) is 0 Å². The predicted molar refractivity (Wildman–Crippen MR) is 86.3 cm³/mol. The van der Waals surface area contributed by atoms with Crippen molar-refractivity contribution in [2.24, 2.45) is 0 Å². The van der Waals surface area contributed by atoms with Gasteiger partial charge in [0.25, 0.3) is 0 Å². The Morgan fingerprint density at radius 3 is 3.04 bits per heavy atom. The third-order valence-electron chi connectivity index (χ3n) is 3.79. The molecule has 1 N–H and O–H groups in total. The van der Waals surface area contributed by atoms with Gasteiger partial charge in [-0.1, -0.05) is 28.4 Å².